The second-order valence-corrected chi connectivity index (χ2v) is 9.89. The molecule has 27 heavy (non-hydrogen) atoms. The number of hydrogen-bond donors (Lipinski definition) is 0. The standard InChI is InChI=1S/C22H33ClO4/c1-7-20(4)12-16(27-19(23)25)21(5)13(2)8-10-22(14(3)18(20)24)11-9-15(26-6)17(21)22/h7,13-17H,1,8-12H2,2-6H3/t13-,14+,15-,16-,17?,20-,21+,22+/m1/s1. The van der Waals surface area contributed by atoms with Gasteiger partial charge in [0.2, 0.25) is 0 Å². The van der Waals surface area contributed by atoms with Crippen molar-refractivity contribution in [3.8, 4) is 0 Å². The maximum Gasteiger partial charge on any atom is 0.404 e. The number of rotatable bonds is 3. The Labute approximate surface area is 168 Å². The smallest absolute Gasteiger partial charge is 0.404 e. The predicted molar refractivity (Wildman–Crippen MR) is 106 cm³/mol. The summed E-state index contributed by atoms with van der Waals surface area (Å²) in [6.45, 7) is 12.4. The second-order valence-electron chi connectivity index (χ2n) is 9.59. The van der Waals surface area contributed by atoms with Gasteiger partial charge in [-0.15, -0.1) is 6.58 Å². The van der Waals surface area contributed by atoms with Crippen LogP contribution >= 0.6 is 11.6 Å². The molecule has 3 fully saturated rings. The van der Waals surface area contributed by atoms with E-state index in [1.807, 2.05) is 6.92 Å². The highest BCUT2D eigenvalue weighted by Gasteiger charge is 2.68. The summed E-state index contributed by atoms with van der Waals surface area (Å²) in [5.41, 5.74) is -1.97. The van der Waals surface area contributed by atoms with E-state index in [0.717, 1.165) is 25.7 Å². The summed E-state index contributed by atoms with van der Waals surface area (Å²) in [4.78, 5) is 25.4. The minimum atomic E-state index is -0.802. The molecule has 0 aromatic carbocycles. The van der Waals surface area contributed by atoms with Gasteiger partial charge in [-0.25, -0.2) is 4.79 Å². The number of methoxy groups -OCH3 is 1. The molecule has 152 valence electrons. The van der Waals surface area contributed by atoms with E-state index in [1.165, 1.54) is 0 Å². The Kier molecular flexibility index (Phi) is 5.31. The van der Waals surface area contributed by atoms with Crippen molar-refractivity contribution in [1.82, 2.24) is 0 Å². The van der Waals surface area contributed by atoms with Gasteiger partial charge in [-0.2, -0.15) is 0 Å². The van der Waals surface area contributed by atoms with Gasteiger partial charge in [-0.1, -0.05) is 26.8 Å². The lowest BCUT2D eigenvalue weighted by molar-refractivity contribution is -0.187. The first-order valence-electron chi connectivity index (χ1n) is 10.1. The zero-order chi connectivity index (χ0) is 20.2. The van der Waals surface area contributed by atoms with Gasteiger partial charge < -0.3 is 9.47 Å². The fraction of sp³-hybridized carbons (Fsp3) is 0.818. The molecular weight excluding hydrogens is 364 g/mol. The number of carbonyl (C=O) groups is 2. The van der Waals surface area contributed by atoms with Crippen LogP contribution in [0, 0.1) is 34.0 Å². The molecule has 3 aliphatic rings. The van der Waals surface area contributed by atoms with E-state index in [9.17, 15) is 9.59 Å². The van der Waals surface area contributed by atoms with Gasteiger partial charge in [0.15, 0.2) is 0 Å². The van der Waals surface area contributed by atoms with E-state index in [-0.39, 0.29) is 34.6 Å². The van der Waals surface area contributed by atoms with E-state index in [4.69, 9.17) is 21.1 Å². The molecule has 3 aliphatic carbocycles. The normalized spacial score (nSPS) is 49.7. The zero-order valence-electron chi connectivity index (χ0n) is 17.2. The lowest BCUT2D eigenvalue weighted by Crippen LogP contribution is -2.62. The maximum absolute atomic E-state index is 13.6. The van der Waals surface area contributed by atoms with E-state index in [2.05, 4.69) is 27.4 Å². The van der Waals surface area contributed by atoms with E-state index in [0.29, 0.717) is 12.3 Å². The molecule has 3 rings (SSSR count). The average Bonchev–Trinajstić information content (AvgIpc) is 3.02. The minimum Gasteiger partial charge on any atom is -0.450 e. The summed E-state index contributed by atoms with van der Waals surface area (Å²) in [6.07, 6.45) is 5.72. The molecule has 0 aromatic heterocycles. The van der Waals surface area contributed by atoms with Gasteiger partial charge in [-0.05, 0) is 43.9 Å². The van der Waals surface area contributed by atoms with Gasteiger partial charge in [0.25, 0.3) is 0 Å². The van der Waals surface area contributed by atoms with Crippen molar-refractivity contribution in [3.63, 3.8) is 0 Å². The highest BCUT2D eigenvalue weighted by molar-refractivity contribution is 6.61. The molecule has 0 radical (unpaired) electrons. The minimum absolute atomic E-state index is 0.0672. The third kappa shape index (κ3) is 2.81. The van der Waals surface area contributed by atoms with Crippen LogP contribution in [0.5, 0.6) is 0 Å². The summed E-state index contributed by atoms with van der Waals surface area (Å²) >= 11 is 5.70. The van der Waals surface area contributed by atoms with Gasteiger partial charge in [0.05, 0.1) is 6.10 Å². The maximum atomic E-state index is 13.6. The predicted octanol–water partition coefficient (Wildman–Crippen LogP) is 5.38. The van der Waals surface area contributed by atoms with Crippen LogP contribution in [0.3, 0.4) is 0 Å². The number of ketones is 1. The van der Waals surface area contributed by atoms with E-state index in [1.54, 1.807) is 13.2 Å². The van der Waals surface area contributed by atoms with Crippen molar-refractivity contribution in [2.75, 3.05) is 7.11 Å². The third-order valence-electron chi connectivity index (χ3n) is 8.77. The number of ether oxygens (including phenoxy) is 2. The van der Waals surface area contributed by atoms with E-state index >= 15 is 0 Å². The molecule has 0 heterocycles. The van der Waals surface area contributed by atoms with Gasteiger partial charge in [0, 0.05) is 47.8 Å². The molecule has 0 aliphatic heterocycles. The first-order chi connectivity index (χ1) is 12.6. The van der Waals surface area contributed by atoms with Crippen LogP contribution in [0.4, 0.5) is 4.79 Å². The molecule has 0 amide bonds. The summed E-state index contributed by atoms with van der Waals surface area (Å²) in [6, 6.07) is 0. The number of halogens is 1. The fourth-order valence-corrected chi connectivity index (χ4v) is 7.01. The number of carbonyl (C=O) groups excluding carboxylic acids is 2. The first kappa shape index (κ1) is 20.9. The fourth-order valence-electron chi connectivity index (χ4n) is 6.91. The molecule has 2 bridgehead atoms. The Morgan fingerprint density at radius 2 is 1.89 bits per heavy atom. The highest BCUT2D eigenvalue weighted by atomic mass is 35.5. The molecule has 0 N–H and O–H groups in total. The lowest BCUT2D eigenvalue weighted by Gasteiger charge is -2.61. The van der Waals surface area contributed by atoms with Crippen LogP contribution in [0.25, 0.3) is 0 Å². The zero-order valence-corrected chi connectivity index (χ0v) is 18.0. The molecule has 8 atom stereocenters. The van der Waals surface area contributed by atoms with Crippen LogP contribution in [0.1, 0.15) is 59.8 Å². The second kappa shape index (κ2) is 6.88. The number of allylic oxidation sites excluding steroid dienone is 1. The molecule has 4 nitrogen and oxygen atoms in total. The van der Waals surface area contributed by atoms with Crippen molar-refractivity contribution in [2.45, 2.75) is 72.0 Å². The van der Waals surface area contributed by atoms with Crippen LogP contribution in [0.2, 0.25) is 0 Å². The van der Waals surface area contributed by atoms with Crippen LogP contribution in [-0.2, 0) is 14.3 Å². The topological polar surface area (TPSA) is 52.6 Å². The number of hydrogen-bond acceptors (Lipinski definition) is 4. The van der Waals surface area contributed by atoms with Crippen LogP contribution in [-0.4, -0.2) is 30.5 Å². The highest BCUT2D eigenvalue weighted by Crippen LogP contribution is 2.68. The monoisotopic (exact) mass is 396 g/mol. The van der Waals surface area contributed by atoms with E-state index < -0.39 is 16.9 Å². The van der Waals surface area contributed by atoms with Gasteiger partial charge >= 0.3 is 5.43 Å². The Morgan fingerprint density at radius 3 is 2.44 bits per heavy atom. The molecule has 5 heteroatoms. The van der Waals surface area contributed by atoms with Gasteiger partial charge in [0.1, 0.15) is 11.9 Å². The molecule has 0 aromatic rings. The lowest BCUT2D eigenvalue weighted by atomic mass is 9.44. The average molecular weight is 397 g/mol. The molecule has 0 spiro atoms. The SMILES string of the molecule is C=C[C@]1(C)C[C@@H](OC(=O)Cl)[C@@]2(C)C3[C@H](OC)CC[C@@]3(CC[C@H]2C)[C@@H](C)C1=O. The molecular formula is C22H33ClO4. The summed E-state index contributed by atoms with van der Waals surface area (Å²) in [5.74, 6) is 0.617. The third-order valence-corrected chi connectivity index (χ3v) is 8.86. The Hall–Kier alpha value is -0.870. The quantitative estimate of drug-likeness (QED) is 0.474. The first-order valence-corrected chi connectivity index (χ1v) is 10.5. The van der Waals surface area contributed by atoms with Crippen molar-refractivity contribution >= 4 is 22.8 Å². The van der Waals surface area contributed by atoms with Crippen LogP contribution < -0.4 is 0 Å². The molecule has 3 saturated carbocycles. The van der Waals surface area contributed by atoms with Crippen molar-refractivity contribution in [2.24, 2.45) is 34.0 Å². The summed E-state index contributed by atoms with van der Waals surface area (Å²) in [5, 5.41) is 0. The van der Waals surface area contributed by atoms with Crippen molar-refractivity contribution in [3.05, 3.63) is 12.7 Å². The van der Waals surface area contributed by atoms with Crippen molar-refractivity contribution in [1.29, 1.82) is 0 Å². The molecule has 0 saturated heterocycles. The largest absolute Gasteiger partial charge is 0.450 e. The van der Waals surface area contributed by atoms with Crippen molar-refractivity contribution < 1.29 is 19.1 Å². The summed E-state index contributed by atoms with van der Waals surface area (Å²) < 4.78 is 11.7. The Bertz CT molecular complexity index is 648. The van der Waals surface area contributed by atoms with Crippen LogP contribution in [0.15, 0.2) is 12.7 Å². The Morgan fingerprint density at radius 1 is 1.26 bits per heavy atom. The molecule has 1 unspecified atom stereocenters. The number of Topliss-reactive ketones (excluding diaryl/α,β-unsaturated/α-hetero) is 1. The van der Waals surface area contributed by atoms with Gasteiger partial charge in [-0.3, -0.25) is 4.79 Å². The Balaban J connectivity index is 2.24. The summed E-state index contributed by atoms with van der Waals surface area (Å²) in [7, 11) is 1.76.